The number of hydrogen-bond donors (Lipinski definition) is 1. The molecular formula is C19H14N2O3S. The van der Waals surface area contributed by atoms with Gasteiger partial charge in [-0.3, -0.25) is 0 Å². The monoisotopic (exact) mass is 350 g/mol. The number of fused-ring (bicyclic) bond motifs is 1. The van der Waals surface area contributed by atoms with E-state index in [0.717, 1.165) is 32.7 Å². The number of hydrogen-bond acceptors (Lipinski definition) is 5. The summed E-state index contributed by atoms with van der Waals surface area (Å²) in [6.45, 7) is 4.06. The Kier molecular flexibility index (Phi) is 3.62. The van der Waals surface area contributed by atoms with Crippen molar-refractivity contribution >= 4 is 28.5 Å². The van der Waals surface area contributed by atoms with Crippen LogP contribution in [-0.4, -0.2) is 20.4 Å². The third-order valence-electron chi connectivity index (χ3n) is 4.12. The molecule has 0 spiro atoms. The van der Waals surface area contributed by atoms with E-state index in [1.807, 2.05) is 26.0 Å². The van der Waals surface area contributed by atoms with Gasteiger partial charge in [0.2, 0.25) is 5.82 Å². The molecule has 5 nitrogen and oxygen atoms in total. The Bertz CT molecular complexity index is 1050. The van der Waals surface area contributed by atoms with Crippen molar-refractivity contribution in [1.29, 1.82) is 0 Å². The van der Waals surface area contributed by atoms with Crippen LogP contribution in [0.1, 0.15) is 21.5 Å². The molecule has 25 heavy (non-hydrogen) atoms. The summed E-state index contributed by atoms with van der Waals surface area (Å²) in [5, 5.41) is 10.8. The van der Waals surface area contributed by atoms with E-state index >= 15 is 0 Å². The molecule has 2 aromatic heterocycles. The lowest BCUT2D eigenvalue weighted by Crippen LogP contribution is -1.94. The zero-order valence-electron chi connectivity index (χ0n) is 13.6. The highest BCUT2D eigenvalue weighted by Crippen LogP contribution is 2.32. The minimum absolute atomic E-state index is 0.247. The lowest BCUT2D eigenvalue weighted by atomic mass is 10.1. The van der Waals surface area contributed by atoms with Crippen LogP contribution in [0.15, 0.2) is 46.9 Å². The van der Waals surface area contributed by atoms with Crippen molar-refractivity contribution in [1.82, 2.24) is 9.36 Å². The third kappa shape index (κ3) is 2.70. The van der Waals surface area contributed by atoms with Gasteiger partial charge >= 0.3 is 5.97 Å². The predicted octanol–water partition coefficient (Wildman–Crippen LogP) is 4.93. The molecule has 0 aliphatic rings. The summed E-state index contributed by atoms with van der Waals surface area (Å²) in [6, 6.07) is 12.7. The summed E-state index contributed by atoms with van der Waals surface area (Å²) in [4.78, 5) is 15.5. The zero-order valence-corrected chi connectivity index (χ0v) is 14.4. The fraction of sp³-hybridized carbons (Fsp3) is 0.105. The topological polar surface area (TPSA) is 76.2 Å². The maximum atomic E-state index is 10.9. The average Bonchev–Trinajstić information content (AvgIpc) is 3.26. The first-order valence-electron chi connectivity index (χ1n) is 7.70. The summed E-state index contributed by atoms with van der Waals surface area (Å²) in [5.74, 6) is 0.229. The van der Waals surface area contributed by atoms with E-state index in [-0.39, 0.29) is 5.56 Å². The zero-order chi connectivity index (χ0) is 17.6. The first kappa shape index (κ1) is 15.5. The normalized spacial score (nSPS) is 11.1. The molecule has 4 aromatic rings. The van der Waals surface area contributed by atoms with E-state index in [1.54, 1.807) is 24.3 Å². The van der Waals surface area contributed by atoms with E-state index in [2.05, 4.69) is 15.4 Å². The Morgan fingerprint density at radius 3 is 2.48 bits per heavy atom. The number of aromatic carboxylic acids is 1. The Morgan fingerprint density at radius 2 is 1.80 bits per heavy atom. The van der Waals surface area contributed by atoms with Gasteiger partial charge in [-0.1, -0.05) is 24.3 Å². The van der Waals surface area contributed by atoms with Crippen molar-refractivity contribution in [2.75, 3.05) is 0 Å². The molecule has 0 unspecified atom stereocenters. The Hall–Kier alpha value is -2.99. The highest BCUT2D eigenvalue weighted by molar-refractivity contribution is 7.09. The predicted molar refractivity (Wildman–Crippen MR) is 97.0 cm³/mol. The van der Waals surface area contributed by atoms with Crippen LogP contribution in [0.2, 0.25) is 0 Å². The molecule has 2 heterocycles. The molecule has 0 radical (unpaired) electrons. The molecule has 0 atom stereocenters. The molecule has 0 saturated carbocycles. The minimum atomic E-state index is -0.947. The highest BCUT2D eigenvalue weighted by Gasteiger charge is 2.15. The number of furan rings is 1. The van der Waals surface area contributed by atoms with Crippen LogP contribution in [0, 0.1) is 13.8 Å². The molecule has 0 fully saturated rings. The van der Waals surface area contributed by atoms with Crippen molar-refractivity contribution in [3.8, 4) is 22.2 Å². The second kappa shape index (κ2) is 5.82. The van der Waals surface area contributed by atoms with Gasteiger partial charge in [0.15, 0.2) is 5.76 Å². The summed E-state index contributed by atoms with van der Waals surface area (Å²) in [5.41, 5.74) is 4.16. The standard InChI is InChI=1S/C19H14N2O3S/c1-10-3-4-11(2)16-14(10)9-15(24-16)17-20-18(25-21-17)12-5-7-13(8-6-12)19(22)23/h3-9H,1-2H3,(H,22,23). The van der Waals surface area contributed by atoms with Crippen LogP contribution in [0.4, 0.5) is 0 Å². The van der Waals surface area contributed by atoms with E-state index in [9.17, 15) is 4.79 Å². The molecule has 6 heteroatoms. The van der Waals surface area contributed by atoms with Crippen molar-refractivity contribution in [3.05, 3.63) is 59.2 Å². The van der Waals surface area contributed by atoms with Crippen LogP contribution in [0.25, 0.3) is 33.1 Å². The fourth-order valence-electron chi connectivity index (χ4n) is 2.70. The largest absolute Gasteiger partial charge is 0.478 e. The maximum absolute atomic E-state index is 10.9. The first-order valence-corrected chi connectivity index (χ1v) is 8.48. The van der Waals surface area contributed by atoms with E-state index in [4.69, 9.17) is 9.52 Å². The van der Waals surface area contributed by atoms with Gasteiger partial charge in [0.05, 0.1) is 5.56 Å². The minimum Gasteiger partial charge on any atom is -0.478 e. The molecule has 0 amide bonds. The van der Waals surface area contributed by atoms with Gasteiger partial charge in [0.1, 0.15) is 10.6 Å². The molecule has 0 bridgehead atoms. The fourth-order valence-corrected chi connectivity index (χ4v) is 3.37. The average molecular weight is 350 g/mol. The SMILES string of the molecule is Cc1ccc(C)c2oc(-c3nsc(-c4ccc(C(=O)O)cc4)n3)cc12. The number of rotatable bonds is 3. The molecular weight excluding hydrogens is 336 g/mol. The number of aryl methyl sites for hydroxylation is 2. The van der Waals surface area contributed by atoms with Crippen LogP contribution in [0.3, 0.4) is 0 Å². The van der Waals surface area contributed by atoms with Crippen molar-refractivity contribution in [2.24, 2.45) is 0 Å². The van der Waals surface area contributed by atoms with Crippen molar-refractivity contribution < 1.29 is 14.3 Å². The van der Waals surface area contributed by atoms with Crippen LogP contribution in [0.5, 0.6) is 0 Å². The summed E-state index contributed by atoms with van der Waals surface area (Å²) in [6.07, 6.45) is 0. The van der Waals surface area contributed by atoms with Crippen LogP contribution < -0.4 is 0 Å². The lowest BCUT2D eigenvalue weighted by molar-refractivity contribution is 0.0697. The molecule has 0 aliphatic carbocycles. The van der Waals surface area contributed by atoms with E-state index in [1.165, 1.54) is 11.5 Å². The van der Waals surface area contributed by atoms with Crippen molar-refractivity contribution in [3.63, 3.8) is 0 Å². The smallest absolute Gasteiger partial charge is 0.335 e. The van der Waals surface area contributed by atoms with Crippen molar-refractivity contribution in [2.45, 2.75) is 13.8 Å². The second-order valence-electron chi connectivity index (χ2n) is 5.86. The van der Waals surface area contributed by atoms with Crippen LogP contribution >= 0.6 is 11.5 Å². The van der Waals surface area contributed by atoms with Gasteiger partial charge in [-0.25, -0.2) is 9.78 Å². The van der Waals surface area contributed by atoms with E-state index in [0.29, 0.717) is 11.6 Å². The van der Waals surface area contributed by atoms with Gasteiger partial charge in [0, 0.05) is 10.9 Å². The molecule has 0 saturated heterocycles. The third-order valence-corrected chi connectivity index (χ3v) is 4.89. The number of carboxylic acid groups (broad SMARTS) is 1. The molecule has 1 N–H and O–H groups in total. The second-order valence-corrected chi connectivity index (χ2v) is 6.61. The van der Waals surface area contributed by atoms with Gasteiger partial charge in [-0.05, 0) is 54.7 Å². The van der Waals surface area contributed by atoms with Gasteiger partial charge in [-0.2, -0.15) is 4.37 Å². The van der Waals surface area contributed by atoms with Gasteiger partial charge < -0.3 is 9.52 Å². The number of benzene rings is 2. The van der Waals surface area contributed by atoms with Crippen LogP contribution in [-0.2, 0) is 0 Å². The number of carbonyl (C=O) groups is 1. The first-order chi connectivity index (χ1) is 12.0. The molecule has 0 aliphatic heterocycles. The summed E-state index contributed by atoms with van der Waals surface area (Å²) >= 11 is 1.26. The number of nitrogens with zero attached hydrogens (tertiary/aromatic N) is 2. The van der Waals surface area contributed by atoms with Gasteiger partial charge in [-0.15, -0.1) is 0 Å². The maximum Gasteiger partial charge on any atom is 0.335 e. The number of aromatic nitrogens is 2. The Labute approximate surface area is 147 Å². The Morgan fingerprint density at radius 1 is 1.08 bits per heavy atom. The van der Waals surface area contributed by atoms with E-state index < -0.39 is 5.97 Å². The number of carboxylic acids is 1. The summed E-state index contributed by atoms with van der Waals surface area (Å²) < 4.78 is 10.4. The Balaban J connectivity index is 1.73. The summed E-state index contributed by atoms with van der Waals surface area (Å²) in [7, 11) is 0. The highest BCUT2D eigenvalue weighted by atomic mass is 32.1. The molecule has 4 rings (SSSR count). The molecule has 2 aromatic carbocycles. The van der Waals surface area contributed by atoms with Gasteiger partial charge in [0.25, 0.3) is 0 Å². The quantitative estimate of drug-likeness (QED) is 0.567. The lowest BCUT2D eigenvalue weighted by Gasteiger charge is -1.97. The molecule has 124 valence electrons.